The summed E-state index contributed by atoms with van der Waals surface area (Å²) in [6.45, 7) is 9.61. The highest BCUT2D eigenvalue weighted by Gasteiger charge is 2.26. The Bertz CT molecular complexity index is 215. The lowest BCUT2D eigenvalue weighted by Gasteiger charge is -2.33. The van der Waals surface area contributed by atoms with Crippen LogP contribution >= 0.6 is 23.5 Å². The van der Waals surface area contributed by atoms with Crippen LogP contribution in [0.1, 0.15) is 20.3 Å². The van der Waals surface area contributed by atoms with E-state index in [2.05, 4.69) is 47.6 Å². The third-order valence-electron chi connectivity index (χ3n) is 3.22. The Kier molecular flexibility index (Phi) is 4.89. The largest absolute Gasteiger partial charge is 0.310 e. The highest BCUT2D eigenvalue weighted by atomic mass is 32.2. The molecule has 2 nitrogen and oxygen atoms in total. The number of nitrogens with one attached hydrogen (secondary N) is 1. The van der Waals surface area contributed by atoms with E-state index in [-0.39, 0.29) is 0 Å². The number of thioether (sulfide) groups is 2. The monoisotopic (exact) mass is 260 g/mol. The fourth-order valence-corrected chi connectivity index (χ4v) is 5.22. The normalized spacial score (nSPS) is 32.2. The molecule has 2 heterocycles. The summed E-state index contributed by atoms with van der Waals surface area (Å²) in [7, 11) is 0. The van der Waals surface area contributed by atoms with E-state index in [0.29, 0.717) is 5.54 Å². The summed E-state index contributed by atoms with van der Waals surface area (Å²) in [5.41, 5.74) is 0.295. The summed E-state index contributed by atoms with van der Waals surface area (Å²) in [5.74, 6) is 4.06. The van der Waals surface area contributed by atoms with Gasteiger partial charge in [0.2, 0.25) is 0 Å². The lowest BCUT2D eigenvalue weighted by atomic mass is 10.1. The van der Waals surface area contributed by atoms with Gasteiger partial charge in [-0.3, -0.25) is 0 Å². The molecule has 0 bridgehead atoms. The van der Waals surface area contributed by atoms with E-state index in [4.69, 9.17) is 0 Å². The maximum Gasteiger partial charge on any atom is 0.0265 e. The minimum atomic E-state index is 0.295. The average molecular weight is 260 g/mol. The Balaban J connectivity index is 1.82. The highest BCUT2D eigenvalue weighted by Crippen LogP contribution is 2.25. The van der Waals surface area contributed by atoms with Crippen molar-refractivity contribution in [3.05, 3.63) is 0 Å². The fraction of sp³-hybridized carbons (Fsp3) is 1.00. The van der Waals surface area contributed by atoms with E-state index in [1.807, 2.05) is 0 Å². The molecule has 0 aromatic heterocycles. The Labute approximate surface area is 108 Å². The van der Waals surface area contributed by atoms with E-state index in [0.717, 1.165) is 5.25 Å². The molecule has 0 saturated carbocycles. The van der Waals surface area contributed by atoms with Gasteiger partial charge in [0.1, 0.15) is 0 Å². The molecule has 0 aromatic carbocycles. The lowest BCUT2D eigenvalue weighted by molar-refractivity contribution is 0.234. The molecular weight excluding hydrogens is 236 g/mol. The van der Waals surface area contributed by atoms with Crippen molar-refractivity contribution in [3.63, 3.8) is 0 Å². The quantitative estimate of drug-likeness (QED) is 0.815. The molecule has 1 unspecified atom stereocenters. The summed E-state index contributed by atoms with van der Waals surface area (Å²) in [6.07, 6.45) is 1.30. The molecule has 0 spiro atoms. The van der Waals surface area contributed by atoms with Crippen molar-refractivity contribution in [2.75, 3.05) is 43.4 Å². The first-order valence-electron chi connectivity index (χ1n) is 6.32. The van der Waals surface area contributed by atoms with Crippen molar-refractivity contribution in [3.8, 4) is 0 Å². The second kappa shape index (κ2) is 5.98. The molecular formula is C12H24N2S2. The second-order valence-corrected chi connectivity index (χ2v) is 8.03. The minimum absolute atomic E-state index is 0.295. The zero-order valence-electron chi connectivity index (χ0n) is 10.5. The van der Waals surface area contributed by atoms with Crippen LogP contribution in [0.4, 0.5) is 0 Å². The van der Waals surface area contributed by atoms with Gasteiger partial charge in [-0.25, -0.2) is 0 Å². The lowest BCUT2D eigenvalue weighted by Crippen LogP contribution is -2.48. The highest BCUT2D eigenvalue weighted by molar-refractivity contribution is 8.06. The number of nitrogens with zero attached hydrogens (tertiary/aromatic N) is 1. The Morgan fingerprint density at radius 1 is 1.38 bits per heavy atom. The van der Waals surface area contributed by atoms with E-state index in [1.165, 1.54) is 49.9 Å². The minimum Gasteiger partial charge on any atom is -0.310 e. The molecule has 2 rings (SSSR count). The first-order valence-corrected chi connectivity index (χ1v) is 8.53. The van der Waals surface area contributed by atoms with E-state index < -0.39 is 0 Å². The summed E-state index contributed by atoms with van der Waals surface area (Å²) in [6, 6.07) is 0. The third kappa shape index (κ3) is 4.13. The molecule has 16 heavy (non-hydrogen) atoms. The van der Waals surface area contributed by atoms with E-state index in [9.17, 15) is 0 Å². The molecule has 4 heteroatoms. The third-order valence-corrected chi connectivity index (χ3v) is 6.05. The van der Waals surface area contributed by atoms with Gasteiger partial charge in [-0.2, -0.15) is 23.5 Å². The summed E-state index contributed by atoms with van der Waals surface area (Å²) >= 11 is 4.31. The van der Waals surface area contributed by atoms with Gasteiger partial charge in [0.05, 0.1) is 0 Å². The predicted octanol–water partition coefficient (Wildman–Crippen LogP) is 1.91. The van der Waals surface area contributed by atoms with Crippen molar-refractivity contribution >= 4 is 23.5 Å². The van der Waals surface area contributed by atoms with Gasteiger partial charge in [-0.15, -0.1) is 0 Å². The maximum atomic E-state index is 3.63. The van der Waals surface area contributed by atoms with Gasteiger partial charge < -0.3 is 10.2 Å². The number of hydrogen-bond acceptors (Lipinski definition) is 4. The molecule has 1 atom stereocenters. The second-order valence-electron chi connectivity index (χ2n) is 5.47. The molecule has 0 amide bonds. The molecule has 0 radical (unpaired) electrons. The predicted molar refractivity (Wildman–Crippen MR) is 76.7 cm³/mol. The molecule has 2 aliphatic heterocycles. The SMILES string of the molecule is CC1(C)CN(CC2CSCCS2)CCCN1. The van der Waals surface area contributed by atoms with Crippen LogP contribution in [0.15, 0.2) is 0 Å². The number of hydrogen-bond donors (Lipinski definition) is 1. The van der Waals surface area contributed by atoms with Gasteiger partial charge in [-0.1, -0.05) is 0 Å². The average Bonchev–Trinajstić information content (AvgIpc) is 2.40. The summed E-state index contributed by atoms with van der Waals surface area (Å²) in [4.78, 5) is 2.67. The Morgan fingerprint density at radius 2 is 2.25 bits per heavy atom. The van der Waals surface area contributed by atoms with Crippen LogP contribution in [-0.2, 0) is 0 Å². The van der Waals surface area contributed by atoms with Crippen molar-refractivity contribution in [1.29, 1.82) is 0 Å². The molecule has 94 valence electrons. The van der Waals surface area contributed by atoms with Crippen LogP contribution in [0, 0.1) is 0 Å². The van der Waals surface area contributed by atoms with Gasteiger partial charge in [-0.05, 0) is 33.4 Å². The van der Waals surface area contributed by atoms with Crippen LogP contribution in [0.3, 0.4) is 0 Å². The summed E-state index contributed by atoms with van der Waals surface area (Å²) < 4.78 is 0. The van der Waals surface area contributed by atoms with Crippen LogP contribution in [0.25, 0.3) is 0 Å². The standard InChI is InChI=1S/C12H24N2S2/c1-12(2)10-14(5-3-4-13-12)8-11-9-15-6-7-16-11/h11,13H,3-10H2,1-2H3. The van der Waals surface area contributed by atoms with Crippen LogP contribution in [-0.4, -0.2) is 59.1 Å². The van der Waals surface area contributed by atoms with Gasteiger partial charge >= 0.3 is 0 Å². The van der Waals surface area contributed by atoms with E-state index in [1.54, 1.807) is 0 Å². The van der Waals surface area contributed by atoms with Crippen LogP contribution in [0.2, 0.25) is 0 Å². The fourth-order valence-electron chi connectivity index (χ4n) is 2.51. The molecule has 1 N–H and O–H groups in total. The van der Waals surface area contributed by atoms with E-state index >= 15 is 0 Å². The zero-order chi connectivity index (χ0) is 11.4. The molecule has 2 saturated heterocycles. The molecule has 0 aliphatic carbocycles. The van der Waals surface area contributed by atoms with Crippen molar-refractivity contribution < 1.29 is 0 Å². The van der Waals surface area contributed by atoms with Crippen LogP contribution in [0.5, 0.6) is 0 Å². The number of rotatable bonds is 2. The van der Waals surface area contributed by atoms with Crippen molar-refractivity contribution in [2.24, 2.45) is 0 Å². The zero-order valence-corrected chi connectivity index (χ0v) is 12.1. The van der Waals surface area contributed by atoms with Crippen LogP contribution < -0.4 is 5.32 Å². The Morgan fingerprint density at radius 3 is 3.00 bits per heavy atom. The summed E-state index contributed by atoms with van der Waals surface area (Å²) in [5, 5.41) is 4.50. The molecule has 2 fully saturated rings. The first-order chi connectivity index (χ1) is 7.66. The molecule has 2 aliphatic rings. The van der Waals surface area contributed by atoms with Crippen molar-refractivity contribution in [1.82, 2.24) is 10.2 Å². The van der Waals surface area contributed by atoms with Gasteiger partial charge in [0.15, 0.2) is 0 Å². The smallest absolute Gasteiger partial charge is 0.0265 e. The first kappa shape index (κ1) is 13.1. The Hall–Kier alpha value is 0.620. The maximum absolute atomic E-state index is 3.63. The molecule has 0 aromatic rings. The van der Waals surface area contributed by atoms with Gasteiger partial charge in [0.25, 0.3) is 0 Å². The van der Waals surface area contributed by atoms with Gasteiger partial charge in [0, 0.05) is 41.1 Å². The topological polar surface area (TPSA) is 15.3 Å². The van der Waals surface area contributed by atoms with Crippen molar-refractivity contribution in [2.45, 2.75) is 31.1 Å².